The molecule has 0 aliphatic carbocycles. The van der Waals surface area contributed by atoms with E-state index in [9.17, 15) is 0 Å². The third-order valence-electron chi connectivity index (χ3n) is 3.84. The Morgan fingerprint density at radius 1 is 1.44 bits per heavy atom. The summed E-state index contributed by atoms with van der Waals surface area (Å²) in [4.78, 5) is 0. The summed E-state index contributed by atoms with van der Waals surface area (Å²) in [7, 11) is 3.81. The van der Waals surface area contributed by atoms with E-state index < -0.39 is 0 Å². The minimum absolute atomic E-state index is 0.274. The number of methoxy groups -OCH3 is 1. The molecule has 1 aromatic rings. The summed E-state index contributed by atoms with van der Waals surface area (Å²) in [6.45, 7) is 4.51. The number of hydrogen-bond donors (Lipinski definition) is 1. The summed E-state index contributed by atoms with van der Waals surface area (Å²) >= 11 is 2.08. The van der Waals surface area contributed by atoms with Crippen LogP contribution in [0.2, 0.25) is 0 Å². The lowest BCUT2D eigenvalue weighted by molar-refractivity contribution is 0.382. The lowest BCUT2D eigenvalue weighted by atomic mass is 9.89. The number of rotatable bonds is 4. The van der Waals surface area contributed by atoms with Crippen LogP contribution in [0.15, 0.2) is 18.2 Å². The van der Waals surface area contributed by atoms with Crippen LogP contribution in [0, 0.1) is 6.92 Å². The van der Waals surface area contributed by atoms with Crippen molar-refractivity contribution < 1.29 is 4.74 Å². The van der Waals surface area contributed by atoms with Gasteiger partial charge in [-0.1, -0.05) is 17.7 Å². The molecular weight excluding hydrogens is 242 g/mol. The topological polar surface area (TPSA) is 21.3 Å². The molecular formula is C15H23NOS. The average Bonchev–Trinajstić information content (AvgIpc) is 2.78. The Balaban J connectivity index is 2.40. The van der Waals surface area contributed by atoms with Crippen LogP contribution >= 0.6 is 11.8 Å². The average molecular weight is 265 g/mol. The van der Waals surface area contributed by atoms with Crippen molar-refractivity contribution in [2.75, 3.05) is 19.9 Å². The Labute approximate surface area is 114 Å². The lowest BCUT2D eigenvalue weighted by Gasteiger charge is -2.34. The first-order valence-corrected chi connectivity index (χ1v) is 7.55. The number of hydrogen-bond acceptors (Lipinski definition) is 3. The molecule has 18 heavy (non-hydrogen) atoms. The minimum atomic E-state index is 0.274. The van der Waals surface area contributed by atoms with Crippen LogP contribution in [0.3, 0.4) is 0 Å². The second-order valence-electron chi connectivity index (χ2n) is 5.23. The monoisotopic (exact) mass is 265 g/mol. The molecule has 2 atom stereocenters. The molecule has 2 unspecified atom stereocenters. The van der Waals surface area contributed by atoms with E-state index in [1.807, 2.05) is 0 Å². The Morgan fingerprint density at radius 3 is 2.78 bits per heavy atom. The first kappa shape index (κ1) is 13.8. The van der Waals surface area contributed by atoms with Gasteiger partial charge in [0.25, 0.3) is 0 Å². The SMILES string of the molecule is CNC(c1cc(C)ccc1OC)C1(C)CCCS1. The zero-order valence-corrected chi connectivity index (χ0v) is 12.6. The number of ether oxygens (including phenoxy) is 1. The lowest BCUT2D eigenvalue weighted by Crippen LogP contribution is -2.35. The molecule has 2 nitrogen and oxygen atoms in total. The van der Waals surface area contributed by atoms with E-state index in [0.717, 1.165) is 5.75 Å². The van der Waals surface area contributed by atoms with E-state index in [0.29, 0.717) is 6.04 Å². The number of thioether (sulfide) groups is 1. The molecule has 1 aromatic carbocycles. The summed E-state index contributed by atoms with van der Waals surface area (Å²) in [5.74, 6) is 2.26. The maximum Gasteiger partial charge on any atom is 0.123 e. The van der Waals surface area contributed by atoms with E-state index in [2.05, 4.69) is 56.2 Å². The van der Waals surface area contributed by atoms with Gasteiger partial charge < -0.3 is 10.1 Å². The Hall–Kier alpha value is -0.670. The highest BCUT2D eigenvalue weighted by Crippen LogP contribution is 2.48. The molecule has 0 radical (unpaired) electrons. The summed E-state index contributed by atoms with van der Waals surface area (Å²) < 4.78 is 5.81. The molecule has 100 valence electrons. The molecule has 1 saturated heterocycles. The maximum absolute atomic E-state index is 5.54. The third-order valence-corrected chi connectivity index (χ3v) is 5.44. The van der Waals surface area contributed by atoms with Crippen LogP contribution in [-0.2, 0) is 0 Å². The van der Waals surface area contributed by atoms with Crippen molar-refractivity contribution in [3.63, 3.8) is 0 Å². The predicted molar refractivity (Wildman–Crippen MR) is 79.6 cm³/mol. The van der Waals surface area contributed by atoms with Crippen LogP contribution in [0.25, 0.3) is 0 Å². The van der Waals surface area contributed by atoms with Gasteiger partial charge in [0.15, 0.2) is 0 Å². The molecule has 1 fully saturated rings. The second kappa shape index (κ2) is 5.54. The standard InChI is InChI=1S/C15H23NOS/c1-11-6-7-13(17-4)12(10-11)14(16-3)15(2)8-5-9-18-15/h6-7,10,14,16H,5,8-9H2,1-4H3. The van der Waals surface area contributed by atoms with Gasteiger partial charge in [0.2, 0.25) is 0 Å². The molecule has 1 aliphatic heterocycles. The van der Waals surface area contributed by atoms with Gasteiger partial charge in [-0.3, -0.25) is 0 Å². The molecule has 0 aromatic heterocycles. The van der Waals surface area contributed by atoms with Gasteiger partial charge in [-0.15, -0.1) is 0 Å². The molecule has 3 heteroatoms. The molecule has 0 saturated carbocycles. The largest absolute Gasteiger partial charge is 0.496 e. The van der Waals surface area contributed by atoms with Gasteiger partial charge >= 0.3 is 0 Å². The molecule has 0 amide bonds. The fourth-order valence-corrected chi connectivity index (χ4v) is 4.35. The van der Waals surface area contributed by atoms with Gasteiger partial charge in [-0.05, 0) is 45.6 Å². The number of nitrogens with one attached hydrogen (secondary N) is 1. The van der Waals surface area contributed by atoms with Crippen molar-refractivity contribution >= 4 is 11.8 Å². The van der Waals surface area contributed by atoms with Gasteiger partial charge in [0, 0.05) is 10.3 Å². The van der Waals surface area contributed by atoms with Crippen molar-refractivity contribution in [2.45, 2.75) is 37.5 Å². The van der Waals surface area contributed by atoms with E-state index in [1.54, 1.807) is 7.11 Å². The Kier molecular flexibility index (Phi) is 4.23. The highest BCUT2D eigenvalue weighted by Gasteiger charge is 2.39. The van der Waals surface area contributed by atoms with Gasteiger partial charge in [-0.25, -0.2) is 0 Å². The summed E-state index contributed by atoms with van der Waals surface area (Å²) in [6, 6.07) is 6.79. The van der Waals surface area contributed by atoms with E-state index in [4.69, 9.17) is 4.74 Å². The minimum Gasteiger partial charge on any atom is -0.496 e. The number of benzene rings is 1. The summed E-state index contributed by atoms with van der Waals surface area (Å²) in [5, 5.41) is 3.50. The van der Waals surface area contributed by atoms with Crippen molar-refractivity contribution in [2.24, 2.45) is 0 Å². The normalized spacial score (nSPS) is 25.1. The van der Waals surface area contributed by atoms with Crippen molar-refractivity contribution in [3.05, 3.63) is 29.3 Å². The Bertz CT molecular complexity index is 413. The fraction of sp³-hybridized carbons (Fsp3) is 0.600. The summed E-state index contributed by atoms with van der Waals surface area (Å²) in [5.41, 5.74) is 2.58. The maximum atomic E-state index is 5.54. The first-order chi connectivity index (χ1) is 8.60. The molecule has 1 N–H and O–H groups in total. The zero-order valence-electron chi connectivity index (χ0n) is 11.7. The van der Waals surface area contributed by atoms with Crippen LogP contribution in [0.5, 0.6) is 5.75 Å². The first-order valence-electron chi connectivity index (χ1n) is 6.56. The van der Waals surface area contributed by atoms with Crippen molar-refractivity contribution in [1.82, 2.24) is 5.32 Å². The predicted octanol–water partition coefficient (Wildman–Crippen LogP) is 3.55. The van der Waals surface area contributed by atoms with Crippen molar-refractivity contribution in [3.8, 4) is 5.75 Å². The quantitative estimate of drug-likeness (QED) is 0.899. The smallest absolute Gasteiger partial charge is 0.123 e. The van der Waals surface area contributed by atoms with E-state index >= 15 is 0 Å². The van der Waals surface area contributed by atoms with Gasteiger partial charge in [-0.2, -0.15) is 11.8 Å². The fourth-order valence-electron chi connectivity index (χ4n) is 2.90. The highest BCUT2D eigenvalue weighted by atomic mass is 32.2. The zero-order chi connectivity index (χ0) is 13.2. The third kappa shape index (κ3) is 2.52. The molecule has 0 bridgehead atoms. The molecule has 0 spiro atoms. The van der Waals surface area contributed by atoms with E-state index in [1.165, 1.54) is 29.7 Å². The highest BCUT2D eigenvalue weighted by molar-refractivity contribution is 8.00. The van der Waals surface area contributed by atoms with Crippen LogP contribution in [-0.4, -0.2) is 24.7 Å². The molecule has 2 rings (SSSR count). The van der Waals surface area contributed by atoms with Crippen LogP contribution in [0.1, 0.15) is 36.9 Å². The van der Waals surface area contributed by atoms with Crippen LogP contribution in [0.4, 0.5) is 0 Å². The van der Waals surface area contributed by atoms with Crippen molar-refractivity contribution in [1.29, 1.82) is 0 Å². The van der Waals surface area contributed by atoms with Gasteiger partial charge in [0.05, 0.1) is 13.2 Å². The summed E-state index contributed by atoms with van der Waals surface area (Å²) in [6.07, 6.45) is 2.58. The number of aryl methyl sites for hydroxylation is 1. The molecule has 1 heterocycles. The van der Waals surface area contributed by atoms with Gasteiger partial charge in [0.1, 0.15) is 5.75 Å². The van der Waals surface area contributed by atoms with Crippen LogP contribution < -0.4 is 10.1 Å². The van der Waals surface area contributed by atoms with E-state index in [-0.39, 0.29) is 4.75 Å². The molecule has 1 aliphatic rings. The Morgan fingerprint density at radius 2 is 2.22 bits per heavy atom. The second-order valence-corrected chi connectivity index (χ2v) is 6.86.